The van der Waals surface area contributed by atoms with Crippen LogP contribution in [0.3, 0.4) is 0 Å². The van der Waals surface area contributed by atoms with Gasteiger partial charge in [-0.2, -0.15) is 0 Å². The molecule has 0 radical (unpaired) electrons. The first-order chi connectivity index (χ1) is 15.6. The molecule has 1 aromatic carbocycles. The molecule has 0 amide bonds. The fraction of sp³-hybridized carbons (Fsp3) is 0.679. The Morgan fingerprint density at radius 3 is 2.58 bits per heavy atom. The number of aliphatic hydroxyl groups excluding tert-OH is 1. The van der Waals surface area contributed by atoms with Gasteiger partial charge in [0, 0.05) is 11.8 Å². The molecule has 3 saturated carbocycles. The fourth-order valence-electron chi connectivity index (χ4n) is 8.88. The van der Waals surface area contributed by atoms with Crippen LogP contribution in [0.1, 0.15) is 59.3 Å². The Bertz CT molecular complexity index is 999. The third-order valence-electron chi connectivity index (χ3n) is 10.4. The normalized spacial score (nSPS) is 50.6. The highest BCUT2D eigenvalue weighted by atomic mass is 16.8. The number of fused-ring (bicyclic) bond motifs is 5. The molecule has 0 aromatic heterocycles. The van der Waals surface area contributed by atoms with E-state index in [2.05, 4.69) is 20.8 Å². The monoisotopic (exact) mass is 452 g/mol. The topological polar surface area (TPSA) is 79.3 Å². The lowest BCUT2D eigenvalue weighted by Gasteiger charge is -2.62. The van der Waals surface area contributed by atoms with Crippen LogP contribution in [0.5, 0.6) is 5.75 Å². The summed E-state index contributed by atoms with van der Waals surface area (Å²) < 4.78 is 12.2. The first-order valence-electron chi connectivity index (χ1n) is 12.7. The molecule has 6 rings (SSSR count). The molecule has 33 heavy (non-hydrogen) atoms. The molecular weight excluding hydrogens is 416 g/mol. The molecule has 2 N–H and O–H groups in total. The highest BCUT2D eigenvalue weighted by Gasteiger charge is 2.77. The SMILES string of the molecule is C[C@H]1C[C@@H]2[C@H]([C@@H](O)C[C@@]3(C)[C@H]2CC[C@]3(O)[C@]2(Oc3ccccc3)CO2)[C@@]2(C)CCC(=O)C=C12. The van der Waals surface area contributed by atoms with E-state index >= 15 is 0 Å². The van der Waals surface area contributed by atoms with Crippen LogP contribution in [0.4, 0.5) is 0 Å². The number of ketones is 1. The Morgan fingerprint density at radius 1 is 1.15 bits per heavy atom. The molecule has 5 nitrogen and oxygen atoms in total. The van der Waals surface area contributed by atoms with Crippen LogP contribution in [0.15, 0.2) is 42.0 Å². The Kier molecular flexibility index (Phi) is 4.58. The van der Waals surface area contributed by atoms with Gasteiger partial charge in [-0.15, -0.1) is 0 Å². The maximum atomic E-state index is 12.3. The molecule has 178 valence electrons. The summed E-state index contributed by atoms with van der Waals surface area (Å²) in [4.78, 5) is 12.2. The zero-order chi connectivity index (χ0) is 23.2. The van der Waals surface area contributed by atoms with Crippen LogP contribution in [0, 0.1) is 34.5 Å². The molecule has 5 aliphatic rings. The molecule has 0 bridgehead atoms. The molecule has 1 heterocycles. The highest BCUT2D eigenvalue weighted by Crippen LogP contribution is 2.71. The highest BCUT2D eigenvalue weighted by molar-refractivity contribution is 5.91. The van der Waals surface area contributed by atoms with Crippen molar-refractivity contribution in [1.29, 1.82) is 0 Å². The third kappa shape index (κ3) is 2.79. The molecule has 4 fully saturated rings. The zero-order valence-electron chi connectivity index (χ0n) is 19.9. The summed E-state index contributed by atoms with van der Waals surface area (Å²) in [5.74, 6) is 0.918. The number of rotatable bonds is 3. The van der Waals surface area contributed by atoms with Crippen molar-refractivity contribution in [3.8, 4) is 5.75 Å². The van der Waals surface area contributed by atoms with Crippen molar-refractivity contribution in [3.05, 3.63) is 42.0 Å². The van der Waals surface area contributed by atoms with E-state index in [9.17, 15) is 15.0 Å². The quantitative estimate of drug-likeness (QED) is 0.670. The van der Waals surface area contributed by atoms with Crippen molar-refractivity contribution < 1.29 is 24.5 Å². The van der Waals surface area contributed by atoms with Crippen LogP contribution < -0.4 is 4.74 Å². The number of hydrogen-bond donors (Lipinski definition) is 2. The number of para-hydroxylation sites is 1. The third-order valence-corrected chi connectivity index (χ3v) is 10.4. The van der Waals surface area contributed by atoms with E-state index in [1.165, 1.54) is 5.57 Å². The summed E-state index contributed by atoms with van der Waals surface area (Å²) in [5.41, 5.74) is -0.563. The summed E-state index contributed by atoms with van der Waals surface area (Å²) in [6.07, 6.45) is 5.76. The number of carbonyl (C=O) groups excluding carboxylic acids is 1. The molecule has 0 spiro atoms. The summed E-state index contributed by atoms with van der Waals surface area (Å²) in [7, 11) is 0. The van der Waals surface area contributed by atoms with Crippen LogP contribution in [0.25, 0.3) is 0 Å². The van der Waals surface area contributed by atoms with Crippen LogP contribution in [0.2, 0.25) is 0 Å². The molecule has 1 aliphatic heterocycles. The van der Waals surface area contributed by atoms with E-state index in [4.69, 9.17) is 9.47 Å². The summed E-state index contributed by atoms with van der Waals surface area (Å²) in [5, 5.41) is 24.0. The second-order valence-corrected chi connectivity index (χ2v) is 12.0. The minimum absolute atomic E-state index is 0.125. The lowest BCUT2D eigenvalue weighted by molar-refractivity contribution is -0.227. The van der Waals surface area contributed by atoms with Gasteiger partial charge in [0.15, 0.2) is 5.78 Å². The minimum Gasteiger partial charge on any atom is -0.457 e. The predicted molar refractivity (Wildman–Crippen MR) is 123 cm³/mol. The number of hydrogen-bond acceptors (Lipinski definition) is 5. The molecule has 1 saturated heterocycles. The maximum absolute atomic E-state index is 12.3. The van der Waals surface area contributed by atoms with Gasteiger partial charge in [0.05, 0.1) is 6.10 Å². The Balaban J connectivity index is 1.36. The lowest BCUT2D eigenvalue weighted by Crippen LogP contribution is -2.65. The van der Waals surface area contributed by atoms with Crippen LogP contribution in [-0.2, 0) is 9.53 Å². The van der Waals surface area contributed by atoms with Gasteiger partial charge in [-0.25, -0.2) is 0 Å². The van der Waals surface area contributed by atoms with Gasteiger partial charge in [0.2, 0.25) is 0 Å². The number of aliphatic hydroxyl groups is 2. The Hall–Kier alpha value is -1.69. The molecule has 4 aliphatic carbocycles. The summed E-state index contributed by atoms with van der Waals surface area (Å²) in [6, 6.07) is 9.59. The molecule has 9 atom stereocenters. The van der Waals surface area contributed by atoms with Crippen LogP contribution in [-0.4, -0.2) is 40.1 Å². The van der Waals surface area contributed by atoms with Gasteiger partial charge in [-0.3, -0.25) is 4.79 Å². The molecule has 0 unspecified atom stereocenters. The average Bonchev–Trinajstić information content (AvgIpc) is 3.50. The zero-order valence-corrected chi connectivity index (χ0v) is 19.9. The lowest BCUT2D eigenvalue weighted by atomic mass is 9.44. The molecule has 1 aromatic rings. The first-order valence-corrected chi connectivity index (χ1v) is 12.7. The van der Waals surface area contributed by atoms with Gasteiger partial charge in [0.25, 0.3) is 5.79 Å². The predicted octanol–water partition coefficient (Wildman–Crippen LogP) is 4.27. The van der Waals surface area contributed by atoms with Gasteiger partial charge in [-0.1, -0.05) is 44.5 Å². The van der Waals surface area contributed by atoms with Crippen molar-refractivity contribution in [2.24, 2.45) is 34.5 Å². The van der Waals surface area contributed by atoms with Gasteiger partial charge >= 0.3 is 0 Å². The fourth-order valence-corrected chi connectivity index (χ4v) is 8.88. The van der Waals surface area contributed by atoms with Crippen molar-refractivity contribution >= 4 is 5.78 Å². The largest absolute Gasteiger partial charge is 0.457 e. The van der Waals surface area contributed by atoms with E-state index in [1.807, 2.05) is 36.4 Å². The number of benzene rings is 1. The molecule has 5 heteroatoms. The summed E-state index contributed by atoms with van der Waals surface area (Å²) >= 11 is 0. The van der Waals surface area contributed by atoms with Crippen LogP contribution >= 0.6 is 0 Å². The standard InChI is InChI=1S/C28H36O5/c1-17-13-20-21-10-12-27(31,28(16-32-28)33-19-7-5-4-6-8-19)26(21,3)15-23(30)24(20)25(2)11-9-18(29)14-22(17)25/h4-8,14,17,20-21,23-24,30-31H,9-13,15-16H2,1-3H3/t17-,20-,21-,23-,24+,25-,26-,27+,28+/m0/s1. The van der Waals surface area contributed by atoms with E-state index < -0.39 is 22.9 Å². The van der Waals surface area contributed by atoms with Crippen molar-refractivity contribution in [2.45, 2.75) is 76.8 Å². The second-order valence-electron chi connectivity index (χ2n) is 12.0. The van der Waals surface area contributed by atoms with Crippen molar-refractivity contribution in [3.63, 3.8) is 0 Å². The number of epoxide rings is 1. The second kappa shape index (κ2) is 6.93. The first kappa shape index (κ1) is 21.8. The van der Waals surface area contributed by atoms with Crippen molar-refractivity contribution in [1.82, 2.24) is 0 Å². The molecular formula is C28H36O5. The Labute approximate surface area is 196 Å². The van der Waals surface area contributed by atoms with Gasteiger partial charge < -0.3 is 19.7 Å². The van der Waals surface area contributed by atoms with Gasteiger partial charge in [-0.05, 0) is 79.4 Å². The van der Waals surface area contributed by atoms with Crippen molar-refractivity contribution in [2.75, 3.05) is 6.61 Å². The summed E-state index contributed by atoms with van der Waals surface area (Å²) in [6.45, 7) is 7.04. The number of allylic oxidation sites excluding steroid dienone is 1. The number of carbonyl (C=O) groups is 1. The van der Waals surface area contributed by atoms with E-state index in [-0.39, 0.29) is 23.0 Å². The smallest absolute Gasteiger partial charge is 0.264 e. The van der Waals surface area contributed by atoms with E-state index in [1.54, 1.807) is 0 Å². The number of ether oxygens (including phenoxy) is 2. The van der Waals surface area contributed by atoms with E-state index in [0.717, 1.165) is 19.3 Å². The maximum Gasteiger partial charge on any atom is 0.264 e. The van der Waals surface area contributed by atoms with Gasteiger partial charge in [0.1, 0.15) is 18.0 Å². The average molecular weight is 453 g/mol. The Morgan fingerprint density at radius 2 is 1.88 bits per heavy atom. The van der Waals surface area contributed by atoms with E-state index in [0.29, 0.717) is 43.5 Å². The minimum atomic E-state index is -1.16.